The fourth-order valence-corrected chi connectivity index (χ4v) is 4.63. The van der Waals surface area contributed by atoms with Gasteiger partial charge in [-0.15, -0.1) is 0 Å². The molecular weight excluding hydrogens is 388 g/mol. The van der Waals surface area contributed by atoms with Crippen LogP contribution in [-0.2, 0) is 6.54 Å². The van der Waals surface area contributed by atoms with E-state index >= 15 is 0 Å². The Morgan fingerprint density at radius 3 is 1.38 bits per heavy atom. The molecule has 2 nitrogen and oxygen atoms in total. The maximum Gasteiger partial charge on any atom is 0.0230 e. The van der Waals surface area contributed by atoms with Crippen molar-refractivity contribution in [3.63, 3.8) is 0 Å². The van der Waals surface area contributed by atoms with Gasteiger partial charge in [0.2, 0.25) is 0 Å². The third kappa shape index (κ3) is 18.7. The predicted molar refractivity (Wildman–Crippen MR) is 144 cm³/mol. The summed E-state index contributed by atoms with van der Waals surface area (Å²) in [4.78, 5) is 4.97. The molecule has 0 aromatic heterocycles. The second kappa shape index (κ2) is 22.0. The SMILES string of the molecule is CCCCCCCCCCCCCCCCCCN(C)CCCN(C)Cc1ccccc1. The zero-order chi connectivity index (χ0) is 23.1. The Labute approximate surface area is 202 Å². The first kappa shape index (κ1) is 29.2. The van der Waals surface area contributed by atoms with Crippen LogP contribution in [0.4, 0.5) is 0 Å². The van der Waals surface area contributed by atoms with Gasteiger partial charge in [0.25, 0.3) is 0 Å². The van der Waals surface area contributed by atoms with Crippen molar-refractivity contribution < 1.29 is 0 Å². The molecule has 0 unspecified atom stereocenters. The van der Waals surface area contributed by atoms with E-state index in [1.807, 2.05) is 0 Å². The molecule has 0 heterocycles. The van der Waals surface area contributed by atoms with Gasteiger partial charge < -0.3 is 9.80 Å². The van der Waals surface area contributed by atoms with Crippen LogP contribution in [0.15, 0.2) is 30.3 Å². The molecule has 0 atom stereocenters. The van der Waals surface area contributed by atoms with Crippen LogP contribution in [0.1, 0.15) is 122 Å². The number of nitrogens with zero attached hydrogens (tertiary/aromatic N) is 2. The number of benzene rings is 1. The molecule has 2 heteroatoms. The molecule has 1 aromatic carbocycles. The fourth-order valence-electron chi connectivity index (χ4n) is 4.63. The smallest absolute Gasteiger partial charge is 0.0230 e. The van der Waals surface area contributed by atoms with Crippen molar-refractivity contribution in [1.29, 1.82) is 0 Å². The van der Waals surface area contributed by atoms with Crippen LogP contribution in [0.3, 0.4) is 0 Å². The lowest BCUT2D eigenvalue weighted by atomic mass is 10.0. The lowest BCUT2D eigenvalue weighted by Gasteiger charge is -2.20. The Bertz CT molecular complexity index is 487. The van der Waals surface area contributed by atoms with Gasteiger partial charge >= 0.3 is 0 Å². The van der Waals surface area contributed by atoms with Crippen molar-refractivity contribution in [2.24, 2.45) is 0 Å². The summed E-state index contributed by atoms with van der Waals surface area (Å²) in [7, 11) is 4.53. The Kier molecular flexibility index (Phi) is 20.0. The number of hydrogen-bond acceptors (Lipinski definition) is 2. The average Bonchev–Trinajstić information content (AvgIpc) is 2.79. The molecule has 32 heavy (non-hydrogen) atoms. The Morgan fingerprint density at radius 1 is 0.469 bits per heavy atom. The standard InChI is InChI=1S/C30H56N2/c1-4-5-6-7-8-9-10-11-12-13-14-15-16-17-18-22-26-31(2)27-23-28-32(3)29-30-24-20-19-21-25-30/h19-21,24-25H,4-18,22-23,26-29H2,1-3H3. The van der Waals surface area contributed by atoms with E-state index < -0.39 is 0 Å². The summed E-state index contributed by atoms with van der Waals surface area (Å²) in [5, 5.41) is 0. The Balaban J connectivity index is 1.78. The van der Waals surface area contributed by atoms with Gasteiger partial charge in [0.05, 0.1) is 0 Å². The van der Waals surface area contributed by atoms with Crippen LogP contribution >= 0.6 is 0 Å². The fraction of sp³-hybridized carbons (Fsp3) is 0.800. The molecule has 0 spiro atoms. The van der Waals surface area contributed by atoms with Crippen molar-refractivity contribution in [2.45, 2.75) is 123 Å². The molecule has 0 saturated heterocycles. The molecule has 0 radical (unpaired) electrons. The first-order valence-electron chi connectivity index (χ1n) is 14.1. The quantitative estimate of drug-likeness (QED) is 0.156. The van der Waals surface area contributed by atoms with Crippen LogP contribution in [0.2, 0.25) is 0 Å². The van der Waals surface area contributed by atoms with Crippen molar-refractivity contribution in [3.05, 3.63) is 35.9 Å². The van der Waals surface area contributed by atoms with E-state index in [-0.39, 0.29) is 0 Å². The number of hydrogen-bond donors (Lipinski definition) is 0. The summed E-state index contributed by atoms with van der Waals surface area (Å²) in [6, 6.07) is 10.8. The maximum absolute atomic E-state index is 2.53. The number of unbranched alkanes of at least 4 members (excludes halogenated alkanes) is 15. The van der Waals surface area contributed by atoms with Crippen molar-refractivity contribution in [3.8, 4) is 0 Å². The van der Waals surface area contributed by atoms with E-state index in [1.54, 1.807) is 0 Å². The van der Waals surface area contributed by atoms with E-state index in [2.05, 4.69) is 61.2 Å². The van der Waals surface area contributed by atoms with Crippen molar-refractivity contribution in [1.82, 2.24) is 9.80 Å². The Hall–Kier alpha value is -0.860. The number of rotatable bonds is 23. The molecule has 0 aliphatic carbocycles. The zero-order valence-corrected chi connectivity index (χ0v) is 22.1. The second-order valence-corrected chi connectivity index (χ2v) is 10.2. The summed E-state index contributed by atoms with van der Waals surface area (Å²) in [6.45, 7) is 7.02. The van der Waals surface area contributed by atoms with Gasteiger partial charge in [-0.25, -0.2) is 0 Å². The lowest BCUT2D eigenvalue weighted by molar-refractivity contribution is 0.270. The second-order valence-electron chi connectivity index (χ2n) is 10.2. The van der Waals surface area contributed by atoms with Gasteiger partial charge in [0.1, 0.15) is 0 Å². The van der Waals surface area contributed by atoms with Gasteiger partial charge in [-0.3, -0.25) is 0 Å². The largest absolute Gasteiger partial charge is 0.306 e. The molecule has 0 aliphatic rings. The van der Waals surface area contributed by atoms with E-state index in [0.29, 0.717) is 0 Å². The molecular formula is C30H56N2. The van der Waals surface area contributed by atoms with Gasteiger partial charge in [-0.05, 0) is 52.1 Å². The van der Waals surface area contributed by atoms with Crippen LogP contribution < -0.4 is 0 Å². The first-order valence-corrected chi connectivity index (χ1v) is 14.1. The first-order chi connectivity index (χ1) is 15.7. The third-order valence-corrected chi connectivity index (χ3v) is 6.77. The summed E-state index contributed by atoms with van der Waals surface area (Å²) in [6.07, 6.45) is 24.4. The lowest BCUT2D eigenvalue weighted by Crippen LogP contribution is -2.26. The third-order valence-electron chi connectivity index (χ3n) is 6.77. The minimum absolute atomic E-state index is 1.06. The molecule has 0 amide bonds. The molecule has 0 aliphatic heterocycles. The van der Waals surface area contributed by atoms with Crippen molar-refractivity contribution in [2.75, 3.05) is 33.7 Å². The van der Waals surface area contributed by atoms with Gasteiger partial charge in [0, 0.05) is 6.54 Å². The molecule has 186 valence electrons. The molecule has 0 bridgehead atoms. The highest BCUT2D eigenvalue weighted by molar-refractivity contribution is 5.14. The molecule has 0 fully saturated rings. The van der Waals surface area contributed by atoms with Gasteiger partial charge in [0.15, 0.2) is 0 Å². The highest BCUT2D eigenvalue weighted by Crippen LogP contribution is 2.14. The van der Waals surface area contributed by atoms with Gasteiger partial charge in [-0.1, -0.05) is 134 Å². The van der Waals surface area contributed by atoms with Crippen LogP contribution in [-0.4, -0.2) is 43.5 Å². The highest BCUT2D eigenvalue weighted by atomic mass is 15.1. The van der Waals surface area contributed by atoms with Crippen molar-refractivity contribution >= 4 is 0 Å². The molecule has 1 rings (SSSR count). The molecule has 1 aromatic rings. The van der Waals surface area contributed by atoms with Crippen LogP contribution in [0.5, 0.6) is 0 Å². The normalized spacial score (nSPS) is 11.7. The summed E-state index contributed by atoms with van der Waals surface area (Å²) in [5.41, 5.74) is 1.41. The average molecular weight is 445 g/mol. The Morgan fingerprint density at radius 2 is 0.875 bits per heavy atom. The summed E-state index contributed by atoms with van der Waals surface area (Å²) in [5.74, 6) is 0. The minimum Gasteiger partial charge on any atom is -0.306 e. The van der Waals surface area contributed by atoms with E-state index in [9.17, 15) is 0 Å². The van der Waals surface area contributed by atoms with Crippen LogP contribution in [0.25, 0.3) is 0 Å². The van der Waals surface area contributed by atoms with E-state index in [1.165, 1.54) is 134 Å². The summed E-state index contributed by atoms with van der Waals surface area (Å²) >= 11 is 0. The topological polar surface area (TPSA) is 6.48 Å². The minimum atomic E-state index is 1.06. The highest BCUT2D eigenvalue weighted by Gasteiger charge is 2.02. The molecule has 0 saturated carbocycles. The monoisotopic (exact) mass is 444 g/mol. The van der Waals surface area contributed by atoms with E-state index in [4.69, 9.17) is 0 Å². The maximum atomic E-state index is 2.53. The van der Waals surface area contributed by atoms with E-state index in [0.717, 1.165) is 6.54 Å². The molecule has 0 N–H and O–H groups in total. The van der Waals surface area contributed by atoms with Crippen LogP contribution in [0, 0.1) is 0 Å². The van der Waals surface area contributed by atoms with Gasteiger partial charge in [-0.2, -0.15) is 0 Å². The zero-order valence-electron chi connectivity index (χ0n) is 22.1. The predicted octanol–water partition coefficient (Wildman–Crippen LogP) is 8.70. The summed E-state index contributed by atoms with van der Waals surface area (Å²) < 4.78 is 0.